The molecule has 0 bridgehead atoms. The minimum absolute atomic E-state index is 0.0119. The summed E-state index contributed by atoms with van der Waals surface area (Å²) in [7, 11) is 3.32. The summed E-state index contributed by atoms with van der Waals surface area (Å²) >= 11 is 0. The number of aliphatic hydroxyl groups is 1. The first-order valence-electron chi connectivity index (χ1n) is 11.2. The molecule has 3 aromatic carbocycles. The van der Waals surface area contributed by atoms with Crippen LogP contribution in [0.3, 0.4) is 0 Å². The van der Waals surface area contributed by atoms with Crippen LogP contribution in [0.1, 0.15) is 44.2 Å². The molecule has 0 aliphatic heterocycles. The molecule has 33 heavy (non-hydrogen) atoms. The quantitative estimate of drug-likeness (QED) is 0.407. The van der Waals surface area contributed by atoms with Crippen molar-refractivity contribution in [3.8, 4) is 17.2 Å². The third kappa shape index (κ3) is 5.49. The summed E-state index contributed by atoms with van der Waals surface area (Å²) in [5, 5.41) is 10.8. The molecule has 5 nitrogen and oxygen atoms in total. The third-order valence-corrected chi connectivity index (χ3v) is 6.46. The second kappa shape index (κ2) is 10.3. The fourth-order valence-corrected chi connectivity index (χ4v) is 4.24. The molecular weight excluding hydrogens is 414 g/mol. The van der Waals surface area contributed by atoms with Crippen LogP contribution in [0.4, 0.5) is 0 Å². The van der Waals surface area contributed by atoms with Gasteiger partial charge in [0.1, 0.15) is 23.4 Å². The molecule has 3 rings (SSSR count). The number of hydrogen-bond donors (Lipinski definition) is 2. The molecule has 0 aliphatic rings. The molecule has 0 fully saturated rings. The van der Waals surface area contributed by atoms with Crippen molar-refractivity contribution in [2.45, 2.75) is 44.9 Å². The number of benzene rings is 3. The van der Waals surface area contributed by atoms with Gasteiger partial charge in [0.05, 0.1) is 14.2 Å². The van der Waals surface area contributed by atoms with Gasteiger partial charge in [0.25, 0.3) is 0 Å². The zero-order valence-corrected chi connectivity index (χ0v) is 20.1. The summed E-state index contributed by atoms with van der Waals surface area (Å²) in [6.07, 6.45) is -0.264. The fourth-order valence-electron chi connectivity index (χ4n) is 4.24. The van der Waals surface area contributed by atoms with E-state index in [0.29, 0.717) is 12.2 Å². The number of rotatable bonds is 10. The maximum Gasteiger partial charge on any atom is 0.189 e. The van der Waals surface area contributed by atoms with E-state index in [1.807, 2.05) is 68.4 Å². The summed E-state index contributed by atoms with van der Waals surface area (Å²) in [4.78, 5) is 0. The van der Waals surface area contributed by atoms with Crippen molar-refractivity contribution in [1.82, 2.24) is 0 Å². The van der Waals surface area contributed by atoms with Gasteiger partial charge < -0.3 is 19.3 Å². The van der Waals surface area contributed by atoms with E-state index in [0.717, 1.165) is 22.6 Å². The van der Waals surface area contributed by atoms with Gasteiger partial charge in [-0.2, -0.15) is 0 Å². The second-order valence-corrected chi connectivity index (χ2v) is 9.07. The molecule has 0 saturated carbocycles. The summed E-state index contributed by atoms with van der Waals surface area (Å²) < 4.78 is 17.0. The molecule has 0 aromatic heterocycles. The van der Waals surface area contributed by atoms with Crippen molar-refractivity contribution in [2.24, 2.45) is 11.1 Å². The van der Waals surface area contributed by atoms with E-state index in [-0.39, 0.29) is 5.92 Å². The number of nitrogens with two attached hydrogens (primary N) is 1. The zero-order valence-electron chi connectivity index (χ0n) is 20.1. The number of aliphatic hydroxyl groups excluding tert-OH is 1. The van der Waals surface area contributed by atoms with Crippen molar-refractivity contribution in [3.63, 3.8) is 0 Å². The molecule has 3 aromatic rings. The zero-order chi connectivity index (χ0) is 24.1. The Kier molecular flexibility index (Phi) is 7.67. The van der Waals surface area contributed by atoms with Gasteiger partial charge in [-0.25, -0.2) is 0 Å². The van der Waals surface area contributed by atoms with E-state index < -0.39 is 17.2 Å². The summed E-state index contributed by atoms with van der Waals surface area (Å²) in [5.41, 5.74) is 7.16. The Labute approximate surface area is 197 Å². The predicted molar refractivity (Wildman–Crippen MR) is 132 cm³/mol. The number of para-hydroxylation sites is 1. The third-order valence-electron chi connectivity index (χ3n) is 6.46. The maximum absolute atomic E-state index is 10.8. The van der Waals surface area contributed by atoms with Gasteiger partial charge in [0.2, 0.25) is 0 Å². The Morgan fingerprint density at radius 3 is 1.61 bits per heavy atom. The number of methoxy groups -OCH3 is 2. The number of hydrogen-bond acceptors (Lipinski definition) is 5. The van der Waals surface area contributed by atoms with Crippen molar-refractivity contribution < 1.29 is 19.3 Å². The fraction of sp³-hybridized carbons (Fsp3) is 0.357. The van der Waals surface area contributed by atoms with E-state index in [4.69, 9.17) is 19.9 Å². The molecule has 0 saturated heterocycles. The van der Waals surface area contributed by atoms with Gasteiger partial charge in [-0.05, 0) is 60.9 Å². The molecule has 2 unspecified atom stereocenters. The minimum Gasteiger partial charge on any atom is -0.497 e. The summed E-state index contributed by atoms with van der Waals surface area (Å²) in [5.74, 6) is 2.24. The molecule has 5 heteroatoms. The molecule has 3 N–H and O–H groups in total. The van der Waals surface area contributed by atoms with E-state index in [2.05, 4.69) is 24.3 Å². The molecule has 2 atom stereocenters. The highest BCUT2D eigenvalue weighted by atomic mass is 16.5. The van der Waals surface area contributed by atoms with Crippen LogP contribution in [0.25, 0.3) is 0 Å². The smallest absolute Gasteiger partial charge is 0.189 e. The van der Waals surface area contributed by atoms with Gasteiger partial charge in [0.15, 0.2) is 5.72 Å². The van der Waals surface area contributed by atoms with Gasteiger partial charge in [-0.15, -0.1) is 0 Å². The molecule has 0 radical (unpaired) electrons. The average Bonchev–Trinajstić information content (AvgIpc) is 2.83. The predicted octanol–water partition coefficient (Wildman–Crippen LogP) is 5.37. The van der Waals surface area contributed by atoms with Crippen molar-refractivity contribution in [2.75, 3.05) is 14.2 Å². The first-order chi connectivity index (χ1) is 15.7. The van der Waals surface area contributed by atoms with Crippen molar-refractivity contribution >= 4 is 0 Å². The Morgan fingerprint density at radius 2 is 1.21 bits per heavy atom. The Bertz CT molecular complexity index is 953. The van der Waals surface area contributed by atoms with Crippen LogP contribution in [0.2, 0.25) is 0 Å². The highest BCUT2D eigenvalue weighted by Crippen LogP contribution is 2.44. The van der Waals surface area contributed by atoms with Gasteiger partial charge in [-0.3, -0.25) is 5.73 Å². The second-order valence-electron chi connectivity index (χ2n) is 9.07. The van der Waals surface area contributed by atoms with E-state index in [1.54, 1.807) is 21.1 Å². The molecule has 0 spiro atoms. The summed E-state index contributed by atoms with van der Waals surface area (Å²) in [6, 6.07) is 25.5. The van der Waals surface area contributed by atoms with Gasteiger partial charge in [0, 0.05) is 11.3 Å². The van der Waals surface area contributed by atoms with E-state index in [9.17, 15) is 5.11 Å². The molecule has 176 valence electrons. The Balaban J connectivity index is 2.00. The first kappa shape index (κ1) is 24.6. The standard InChI is InChI=1S/C28H35NO4/c1-20(30)28(29,33-25-9-7-6-8-10-25)27(2,3)19-26(21-11-15-23(31-4)16-12-21)22-13-17-24(32-5)18-14-22/h6-18,20,26,30H,19,29H2,1-5H3. The van der Waals surface area contributed by atoms with Crippen LogP contribution in [-0.2, 0) is 0 Å². The molecule has 0 amide bonds. The number of ether oxygens (including phenoxy) is 3. The van der Waals surface area contributed by atoms with Crippen LogP contribution in [0.5, 0.6) is 17.2 Å². The van der Waals surface area contributed by atoms with Crippen LogP contribution in [0.15, 0.2) is 78.9 Å². The van der Waals surface area contributed by atoms with E-state index >= 15 is 0 Å². The van der Waals surface area contributed by atoms with Gasteiger partial charge >= 0.3 is 0 Å². The Morgan fingerprint density at radius 1 is 0.758 bits per heavy atom. The van der Waals surface area contributed by atoms with Gasteiger partial charge in [-0.1, -0.05) is 56.3 Å². The maximum atomic E-state index is 10.8. The first-order valence-corrected chi connectivity index (χ1v) is 11.2. The molecular formula is C28H35NO4. The molecule has 0 heterocycles. The van der Waals surface area contributed by atoms with Crippen LogP contribution >= 0.6 is 0 Å². The van der Waals surface area contributed by atoms with Crippen LogP contribution < -0.4 is 19.9 Å². The minimum atomic E-state index is -1.31. The van der Waals surface area contributed by atoms with Crippen molar-refractivity contribution in [3.05, 3.63) is 90.0 Å². The lowest BCUT2D eigenvalue weighted by Crippen LogP contribution is -2.64. The normalized spacial score (nSPS) is 14.4. The van der Waals surface area contributed by atoms with Crippen LogP contribution in [-0.4, -0.2) is 31.2 Å². The largest absolute Gasteiger partial charge is 0.497 e. The summed E-state index contributed by atoms with van der Waals surface area (Å²) in [6.45, 7) is 5.77. The van der Waals surface area contributed by atoms with Crippen molar-refractivity contribution in [1.29, 1.82) is 0 Å². The highest BCUT2D eigenvalue weighted by molar-refractivity contribution is 5.39. The lowest BCUT2D eigenvalue weighted by atomic mass is 9.69. The lowest BCUT2D eigenvalue weighted by molar-refractivity contribution is -0.122. The highest BCUT2D eigenvalue weighted by Gasteiger charge is 2.49. The monoisotopic (exact) mass is 449 g/mol. The lowest BCUT2D eigenvalue weighted by Gasteiger charge is -2.47. The SMILES string of the molecule is COc1ccc(C(CC(C)(C)C(N)(Oc2ccccc2)C(C)O)c2ccc(OC)cc2)cc1. The Hall–Kier alpha value is -3.02. The van der Waals surface area contributed by atoms with E-state index in [1.165, 1.54) is 0 Å². The molecule has 0 aliphatic carbocycles. The average molecular weight is 450 g/mol. The topological polar surface area (TPSA) is 73.9 Å². The van der Waals surface area contributed by atoms with Crippen LogP contribution in [0, 0.1) is 5.41 Å².